The molecule has 0 aliphatic carbocycles. The fourth-order valence-electron chi connectivity index (χ4n) is 2.69. The lowest BCUT2D eigenvalue weighted by molar-refractivity contribution is 0.180. The highest BCUT2D eigenvalue weighted by Gasteiger charge is 2.25. The topological polar surface area (TPSA) is 66.5 Å². The van der Waals surface area contributed by atoms with Gasteiger partial charge in [-0.15, -0.1) is 0 Å². The highest BCUT2D eigenvalue weighted by molar-refractivity contribution is 7.90. The molecule has 0 spiro atoms. The van der Waals surface area contributed by atoms with E-state index in [0.29, 0.717) is 6.54 Å². The van der Waals surface area contributed by atoms with Gasteiger partial charge in [-0.3, -0.25) is 0 Å². The van der Waals surface area contributed by atoms with Crippen molar-refractivity contribution >= 4 is 15.9 Å². The van der Waals surface area contributed by atoms with E-state index in [2.05, 4.69) is 5.32 Å². The second kappa shape index (κ2) is 8.34. The van der Waals surface area contributed by atoms with Crippen LogP contribution in [0.5, 0.6) is 0 Å². The van der Waals surface area contributed by atoms with Gasteiger partial charge in [0.1, 0.15) is 9.84 Å². The normalized spacial score (nSPS) is 14.3. The first kappa shape index (κ1) is 19.5. The fourth-order valence-corrected chi connectivity index (χ4v) is 3.75. The summed E-state index contributed by atoms with van der Waals surface area (Å²) in [6.07, 6.45) is 1.19. The van der Waals surface area contributed by atoms with Crippen LogP contribution in [0.2, 0.25) is 0 Å². The molecule has 0 aromatic heterocycles. The lowest BCUT2D eigenvalue weighted by Gasteiger charge is -2.31. The number of hydrogen-bond acceptors (Lipinski definition) is 3. The number of nitrogens with zero attached hydrogens (tertiary/aromatic N) is 1. The molecule has 1 N–H and O–H groups in total. The molecular weight excluding hydrogens is 312 g/mol. The quantitative estimate of drug-likeness (QED) is 0.830. The highest BCUT2D eigenvalue weighted by atomic mass is 32.2. The molecule has 0 radical (unpaired) electrons. The molecule has 0 saturated carbocycles. The van der Waals surface area contributed by atoms with Crippen LogP contribution in [0.1, 0.15) is 39.3 Å². The third-order valence-electron chi connectivity index (χ3n) is 3.78. The van der Waals surface area contributed by atoms with E-state index in [1.807, 2.05) is 51.1 Å². The zero-order chi connectivity index (χ0) is 17.6. The minimum Gasteiger partial charge on any atom is -0.331 e. The second-order valence-electron chi connectivity index (χ2n) is 6.31. The van der Waals surface area contributed by atoms with Crippen LogP contribution in [0.15, 0.2) is 30.3 Å². The molecule has 2 atom stereocenters. The lowest BCUT2D eigenvalue weighted by Crippen LogP contribution is -2.48. The summed E-state index contributed by atoms with van der Waals surface area (Å²) in [4.78, 5) is 14.2. The SMILES string of the molecule is CCN(C(=O)N[C@H](c1ccccc1)C(C)C)[C@@H](C)CS(C)(=O)=O. The van der Waals surface area contributed by atoms with Gasteiger partial charge in [0.05, 0.1) is 11.8 Å². The summed E-state index contributed by atoms with van der Waals surface area (Å²) in [6, 6.07) is 9.10. The maximum Gasteiger partial charge on any atom is 0.318 e. The number of urea groups is 1. The molecule has 5 nitrogen and oxygen atoms in total. The summed E-state index contributed by atoms with van der Waals surface area (Å²) in [5, 5.41) is 3.04. The van der Waals surface area contributed by atoms with Crippen LogP contribution in [0, 0.1) is 5.92 Å². The standard InChI is InChI=1S/C17H28N2O3S/c1-6-19(14(4)12-23(5,21)22)17(20)18-16(13(2)3)15-10-8-7-9-11-15/h7-11,13-14,16H,6,12H2,1-5H3,(H,18,20)/t14-,16-/m0/s1. The van der Waals surface area contributed by atoms with E-state index in [1.54, 1.807) is 11.8 Å². The van der Waals surface area contributed by atoms with E-state index in [-0.39, 0.29) is 29.8 Å². The predicted octanol–water partition coefficient (Wildman–Crippen LogP) is 2.85. The molecule has 1 aromatic rings. The minimum atomic E-state index is -3.13. The van der Waals surface area contributed by atoms with E-state index in [9.17, 15) is 13.2 Å². The molecule has 1 aromatic carbocycles. The average Bonchev–Trinajstić information content (AvgIpc) is 2.44. The van der Waals surface area contributed by atoms with Crippen LogP contribution in [-0.4, -0.2) is 43.9 Å². The molecule has 0 heterocycles. The van der Waals surface area contributed by atoms with Crippen LogP contribution in [-0.2, 0) is 9.84 Å². The van der Waals surface area contributed by atoms with Crippen molar-refractivity contribution in [3.8, 4) is 0 Å². The van der Waals surface area contributed by atoms with Crippen molar-refractivity contribution < 1.29 is 13.2 Å². The van der Waals surface area contributed by atoms with Gasteiger partial charge < -0.3 is 10.2 Å². The van der Waals surface area contributed by atoms with Crippen LogP contribution in [0.3, 0.4) is 0 Å². The zero-order valence-electron chi connectivity index (χ0n) is 14.6. The Bertz CT molecular complexity index is 600. The van der Waals surface area contributed by atoms with Crippen LogP contribution in [0.25, 0.3) is 0 Å². The molecular formula is C17H28N2O3S. The van der Waals surface area contributed by atoms with Crippen molar-refractivity contribution in [3.63, 3.8) is 0 Å². The Morgan fingerprint density at radius 3 is 2.17 bits per heavy atom. The van der Waals surface area contributed by atoms with Crippen molar-refractivity contribution in [3.05, 3.63) is 35.9 Å². The molecule has 0 aliphatic heterocycles. The fraction of sp³-hybridized carbons (Fsp3) is 0.588. The Balaban J connectivity index is 2.88. The van der Waals surface area contributed by atoms with Gasteiger partial charge in [0.15, 0.2) is 0 Å². The number of nitrogens with one attached hydrogen (secondary N) is 1. The molecule has 23 heavy (non-hydrogen) atoms. The Hall–Kier alpha value is -1.56. The van der Waals surface area contributed by atoms with E-state index >= 15 is 0 Å². The summed E-state index contributed by atoms with van der Waals surface area (Å²) in [5.41, 5.74) is 1.04. The minimum absolute atomic E-state index is 0.0358. The van der Waals surface area contributed by atoms with E-state index in [1.165, 1.54) is 6.26 Å². The third kappa shape index (κ3) is 6.22. The van der Waals surface area contributed by atoms with Crippen LogP contribution < -0.4 is 5.32 Å². The van der Waals surface area contributed by atoms with Gasteiger partial charge in [-0.2, -0.15) is 0 Å². The number of hydrogen-bond donors (Lipinski definition) is 1. The van der Waals surface area contributed by atoms with Crippen LogP contribution in [0.4, 0.5) is 4.79 Å². The van der Waals surface area contributed by atoms with Crippen LogP contribution >= 0.6 is 0 Å². The maximum atomic E-state index is 12.6. The van der Waals surface area contributed by atoms with Crippen molar-refractivity contribution in [2.45, 2.75) is 39.8 Å². The van der Waals surface area contributed by atoms with Gasteiger partial charge in [-0.25, -0.2) is 13.2 Å². The molecule has 0 fully saturated rings. The van der Waals surface area contributed by atoms with Crippen molar-refractivity contribution in [1.82, 2.24) is 10.2 Å². The first-order valence-electron chi connectivity index (χ1n) is 7.95. The number of benzene rings is 1. The molecule has 0 aliphatic rings. The zero-order valence-corrected chi connectivity index (χ0v) is 15.4. The van der Waals surface area contributed by atoms with Crippen molar-refractivity contribution in [2.75, 3.05) is 18.6 Å². The van der Waals surface area contributed by atoms with Gasteiger partial charge in [0.2, 0.25) is 0 Å². The predicted molar refractivity (Wildman–Crippen MR) is 94.1 cm³/mol. The molecule has 2 amide bonds. The first-order chi connectivity index (χ1) is 10.7. The summed E-state index contributed by atoms with van der Waals surface area (Å²) in [7, 11) is -3.13. The highest BCUT2D eigenvalue weighted by Crippen LogP contribution is 2.21. The summed E-state index contributed by atoms with van der Waals surface area (Å²) >= 11 is 0. The Morgan fingerprint density at radius 1 is 1.17 bits per heavy atom. The Labute approximate surface area is 140 Å². The summed E-state index contributed by atoms with van der Waals surface area (Å²) in [6.45, 7) is 8.17. The average molecular weight is 340 g/mol. The molecule has 0 bridgehead atoms. The van der Waals surface area contributed by atoms with E-state index < -0.39 is 9.84 Å². The molecule has 6 heteroatoms. The smallest absolute Gasteiger partial charge is 0.318 e. The first-order valence-corrected chi connectivity index (χ1v) is 10.0. The number of amides is 2. The van der Waals surface area contributed by atoms with Crippen molar-refractivity contribution in [2.24, 2.45) is 5.92 Å². The largest absolute Gasteiger partial charge is 0.331 e. The number of rotatable bonds is 7. The van der Waals surface area contributed by atoms with Gasteiger partial charge in [0.25, 0.3) is 0 Å². The monoisotopic (exact) mass is 340 g/mol. The van der Waals surface area contributed by atoms with E-state index in [0.717, 1.165) is 5.56 Å². The molecule has 0 unspecified atom stereocenters. The van der Waals surface area contributed by atoms with Gasteiger partial charge in [-0.05, 0) is 25.3 Å². The van der Waals surface area contributed by atoms with Gasteiger partial charge in [-0.1, -0.05) is 44.2 Å². The Kier molecular flexibility index (Phi) is 7.06. The number of carbonyl (C=O) groups is 1. The summed E-state index contributed by atoms with van der Waals surface area (Å²) in [5.74, 6) is 0.191. The third-order valence-corrected chi connectivity index (χ3v) is 4.87. The molecule has 0 saturated heterocycles. The van der Waals surface area contributed by atoms with Gasteiger partial charge >= 0.3 is 6.03 Å². The van der Waals surface area contributed by atoms with E-state index in [4.69, 9.17) is 0 Å². The number of sulfone groups is 1. The summed E-state index contributed by atoms with van der Waals surface area (Å²) < 4.78 is 23.0. The van der Waals surface area contributed by atoms with Crippen molar-refractivity contribution in [1.29, 1.82) is 0 Å². The number of carbonyl (C=O) groups excluding carboxylic acids is 1. The molecule has 130 valence electrons. The van der Waals surface area contributed by atoms with Gasteiger partial charge in [0, 0.05) is 18.8 Å². The molecule has 1 rings (SSSR count). The Morgan fingerprint density at radius 2 is 1.74 bits per heavy atom. The second-order valence-corrected chi connectivity index (χ2v) is 8.49. The maximum absolute atomic E-state index is 12.6. The lowest BCUT2D eigenvalue weighted by atomic mass is 9.96.